The van der Waals surface area contributed by atoms with E-state index in [9.17, 15) is 9.59 Å². The summed E-state index contributed by atoms with van der Waals surface area (Å²) in [5.74, 6) is 0.352. The van der Waals surface area contributed by atoms with E-state index < -0.39 is 0 Å². The molecule has 26 heavy (non-hydrogen) atoms. The van der Waals surface area contributed by atoms with Crippen molar-refractivity contribution < 1.29 is 9.59 Å². The third-order valence-corrected chi connectivity index (χ3v) is 5.99. The molecule has 2 aromatic rings. The fourth-order valence-electron chi connectivity index (χ4n) is 2.99. The number of hydrogen-bond acceptors (Lipinski definition) is 6. The Morgan fingerprint density at radius 1 is 1.19 bits per heavy atom. The Kier molecular flexibility index (Phi) is 6.68. The zero-order valence-corrected chi connectivity index (χ0v) is 16.3. The van der Waals surface area contributed by atoms with Gasteiger partial charge in [-0.05, 0) is 37.3 Å². The molecule has 7 heteroatoms. The lowest BCUT2D eigenvalue weighted by atomic mass is 9.90. The number of Topliss-reactive ketones (excluding diaryl/α,β-unsaturated/α-hetero) is 1. The number of ketones is 1. The van der Waals surface area contributed by atoms with Gasteiger partial charge in [-0.1, -0.05) is 23.9 Å². The van der Waals surface area contributed by atoms with Crippen LogP contribution >= 0.6 is 23.5 Å². The molecule has 0 bridgehead atoms. The summed E-state index contributed by atoms with van der Waals surface area (Å²) in [5, 5.41) is 0.597. The number of benzene rings is 1. The van der Waals surface area contributed by atoms with E-state index in [1.165, 1.54) is 11.8 Å². The van der Waals surface area contributed by atoms with Crippen LogP contribution in [0.3, 0.4) is 0 Å². The Morgan fingerprint density at radius 3 is 2.62 bits per heavy atom. The standard InChI is InChI=1S/C19H21N3O2S2/c1-25-16-7-5-14(6-8-16)18(24)15-4-2-11-22(12-15)17(23)13-26-19-20-9-3-10-21-19/h3,5-10,15H,2,4,11-13H2,1H3/t15-/m1/s1. The molecule has 3 rings (SSSR count). The van der Waals surface area contributed by atoms with Crippen LogP contribution in [0, 0.1) is 5.92 Å². The molecule has 136 valence electrons. The summed E-state index contributed by atoms with van der Waals surface area (Å²) >= 11 is 2.99. The molecule has 0 aliphatic carbocycles. The van der Waals surface area contributed by atoms with Gasteiger partial charge in [-0.15, -0.1) is 11.8 Å². The number of thioether (sulfide) groups is 2. The van der Waals surface area contributed by atoms with Gasteiger partial charge in [-0.3, -0.25) is 9.59 Å². The lowest BCUT2D eigenvalue weighted by molar-refractivity contribution is -0.129. The molecule has 1 aromatic heterocycles. The molecule has 1 saturated heterocycles. The molecule has 1 aliphatic rings. The molecule has 5 nitrogen and oxygen atoms in total. The Labute approximate surface area is 162 Å². The number of carbonyl (C=O) groups is 2. The van der Waals surface area contributed by atoms with E-state index in [0.717, 1.165) is 23.3 Å². The van der Waals surface area contributed by atoms with Crippen molar-refractivity contribution >= 4 is 35.2 Å². The van der Waals surface area contributed by atoms with Crippen molar-refractivity contribution in [3.63, 3.8) is 0 Å². The highest BCUT2D eigenvalue weighted by Gasteiger charge is 2.29. The third kappa shape index (κ3) is 4.86. The van der Waals surface area contributed by atoms with E-state index in [1.54, 1.807) is 35.1 Å². The molecule has 0 radical (unpaired) electrons. The van der Waals surface area contributed by atoms with Crippen molar-refractivity contribution in [2.24, 2.45) is 5.92 Å². The Morgan fingerprint density at radius 2 is 1.92 bits per heavy atom. The predicted molar refractivity (Wildman–Crippen MR) is 105 cm³/mol. The van der Waals surface area contributed by atoms with Gasteiger partial charge in [0.15, 0.2) is 10.9 Å². The Balaban J connectivity index is 1.57. The summed E-state index contributed by atoms with van der Waals surface area (Å²) in [4.78, 5) is 36.5. The molecule has 0 saturated carbocycles. The Hall–Kier alpha value is -1.86. The smallest absolute Gasteiger partial charge is 0.233 e. The second kappa shape index (κ2) is 9.19. The maximum atomic E-state index is 12.8. The van der Waals surface area contributed by atoms with Crippen LogP contribution in [0.4, 0.5) is 0 Å². The zero-order chi connectivity index (χ0) is 18.4. The highest BCUT2D eigenvalue weighted by Crippen LogP contribution is 2.24. The van der Waals surface area contributed by atoms with Crippen molar-refractivity contribution in [2.45, 2.75) is 22.9 Å². The molecule has 0 N–H and O–H groups in total. The van der Waals surface area contributed by atoms with Crippen LogP contribution in [-0.4, -0.2) is 51.7 Å². The molecule has 1 amide bonds. The first-order valence-electron chi connectivity index (χ1n) is 8.53. The fraction of sp³-hybridized carbons (Fsp3) is 0.368. The quantitative estimate of drug-likeness (QED) is 0.430. The largest absolute Gasteiger partial charge is 0.341 e. The van der Waals surface area contributed by atoms with Gasteiger partial charge < -0.3 is 4.90 Å². The molecule has 2 heterocycles. The van der Waals surface area contributed by atoms with Gasteiger partial charge in [0.2, 0.25) is 5.91 Å². The van der Waals surface area contributed by atoms with E-state index in [0.29, 0.717) is 24.0 Å². The number of carbonyl (C=O) groups excluding carboxylic acids is 2. The highest BCUT2D eigenvalue weighted by molar-refractivity contribution is 7.99. The number of aromatic nitrogens is 2. The van der Waals surface area contributed by atoms with Gasteiger partial charge in [0.1, 0.15) is 0 Å². The van der Waals surface area contributed by atoms with E-state index in [1.807, 2.05) is 30.5 Å². The monoisotopic (exact) mass is 387 g/mol. The summed E-state index contributed by atoms with van der Waals surface area (Å²) in [6.07, 6.45) is 7.04. The highest BCUT2D eigenvalue weighted by atomic mass is 32.2. The number of piperidine rings is 1. The average molecular weight is 388 g/mol. The molecule has 1 aliphatic heterocycles. The van der Waals surface area contributed by atoms with Crippen LogP contribution in [-0.2, 0) is 4.79 Å². The molecular weight excluding hydrogens is 366 g/mol. The SMILES string of the molecule is CSc1ccc(C(=O)[C@@H]2CCCN(C(=O)CSc3ncccn3)C2)cc1. The fourth-order valence-corrected chi connectivity index (χ4v) is 4.10. The maximum Gasteiger partial charge on any atom is 0.233 e. The molecule has 0 unspecified atom stereocenters. The maximum absolute atomic E-state index is 12.8. The van der Waals surface area contributed by atoms with E-state index >= 15 is 0 Å². The molecular formula is C19H21N3O2S2. The van der Waals surface area contributed by atoms with E-state index in [-0.39, 0.29) is 17.6 Å². The van der Waals surface area contributed by atoms with Crippen molar-refractivity contribution in [1.82, 2.24) is 14.9 Å². The van der Waals surface area contributed by atoms with Crippen LogP contribution in [0.2, 0.25) is 0 Å². The summed E-state index contributed by atoms with van der Waals surface area (Å²) in [5.41, 5.74) is 0.731. The van der Waals surface area contributed by atoms with Gasteiger partial charge in [0.05, 0.1) is 5.75 Å². The van der Waals surface area contributed by atoms with Crippen molar-refractivity contribution in [3.05, 3.63) is 48.3 Å². The number of amides is 1. The van der Waals surface area contributed by atoms with Crippen LogP contribution in [0.1, 0.15) is 23.2 Å². The summed E-state index contributed by atoms with van der Waals surface area (Å²) in [6, 6.07) is 9.47. The van der Waals surface area contributed by atoms with Gasteiger partial charge in [0, 0.05) is 41.9 Å². The summed E-state index contributed by atoms with van der Waals surface area (Å²) < 4.78 is 0. The van der Waals surface area contributed by atoms with Crippen LogP contribution in [0.15, 0.2) is 52.8 Å². The van der Waals surface area contributed by atoms with Gasteiger partial charge >= 0.3 is 0 Å². The number of likely N-dealkylation sites (tertiary alicyclic amines) is 1. The average Bonchev–Trinajstić information content (AvgIpc) is 2.72. The topological polar surface area (TPSA) is 63.2 Å². The van der Waals surface area contributed by atoms with Crippen molar-refractivity contribution in [1.29, 1.82) is 0 Å². The zero-order valence-electron chi connectivity index (χ0n) is 14.6. The minimum Gasteiger partial charge on any atom is -0.341 e. The lowest BCUT2D eigenvalue weighted by Crippen LogP contribution is -2.43. The van der Waals surface area contributed by atoms with Gasteiger partial charge in [-0.2, -0.15) is 0 Å². The molecule has 1 aromatic carbocycles. The first-order valence-corrected chi connectivity index (χ1v) is 10.7. The summed E-state index contributed by atoms with van der Waals surface area (Å²) in [7, 11) is 0. The van der Waals surface area contributed by atoms with E-state index in [4.69, 9.17) is 0 Å². The van der Waals surface area contributed by atoms with Crippen molar-refractivity contribution in [2.75, 3.05) is 25.1 Å². The number of nitrogens with zero attached hydrogens (tertiary/aromatic N) is 3. The van der Waals surface area contributed by atoms with Crippen LogP contribution in [0.5, 0.6) is 0 Å². The first kappa shape index (κ1) is 18.9. The predicted octanol–water partition coefficient (Wildman–Crippen LogP) is 3.41. The van der Waals surface area contributed by atoms with Gasteiger partial charge in [0.25, 0.3) is 0 Å². The normalized spacial score (nSPS) is 17.1. The summed E-state index contributed by atoms with van der Waals surface area (Å²) in [6.45, 7) is 1.21. The third-order valence-electron chi connectivity index (χ3n) is 4.39. The van der Waals surface area contributed by atoms with Crippen LogP contribution in [0.25, 0.3) is 0 Å². The number of hydrogen-bond donors (Lipinski definition) is 0. The van der Waals surface area contributed by atoms with Crippen LogP contribution < -0.4 is 0 Å². The number of rotatable bonds is 6. The second-order valence-corrected chi connectivity index (χ2v) is 7.91. The van der Waals surface area contributed by atoms with Gasteiger partial charge in [-0.25, -0.2) is 9.97 Å². The Bertz CT molecular complexity index is 753. The van der Waals surface area contributed by atoms with E-state index in [2.05, 4.69) is 9.97 Å². The minimum atomic E-state index is -0.120. The minimum absolute atomic E-state index is 0.0395. The lowest BCUT2D eigenvalue weighted by Gasteiger charge is -2.32. The molecule has 1 fully saturated rings. The second-order valence-electron chi connectivity index (χ2n) is 6.09. The first-order chi connectivity index (χ1) is 12.7. The molecule has 0 spiro atoms. The van der Waals surface area contributed by atoms with Crippen molar-refractivity contribution in [3.8, 4) is 0 Å². The molecule has 1 atom stereocenters.